The average molecular weight is 643 g/mol. The number of hydrogen-bond donors (Lipinski definition) is 0. The number of ether oxygens (including phenoxy) is 2. The minimum Gasteiger partial charge on any atom is -0.465 e. The lowest BCUT2D eigenvalue weighted by atomic mass is 9.88. The Morgan fingerprint density at radius 1 is 0.816 bits per heavy atom. The van der Waals surface area contributed by atoms with Crippen molar-refractivity contribution in [2.24, 2.45) is 0 Å². The summed E-state index contributed by atoms with van der Waals surface area (Å²) in [7, 11) is -2.05. The van der Waals surface area contributed by atoms with Crippen LogP contribution in [0.25, 0.3) is 5.57 Å². The maximum absolute atomic E-state index is 14.4. The summed E-state index contributed by atoms with van der Waals surface area (Å²) >= 11 is 2.07. The summed E-state index contributed by atoms with van der Waals surface area (Å²) < 4.78 is 40.5. The Morgan fingerprint density at radius 2 is 1.39 bits per heavy atom. The van der Waals surface area contributed by atoms with E-state index in [0.29, 0.717) is 20.3 Å². The van der Waals surface area contributed by atoms with Crippen LogP contribution in [0.4, 0.5) is 0 Å². The van der Waals surface area contributed by atoms with Gasteiger partial charge in [0.15, 0.2) is 5.70 Å². The quantitative estimate of drug-likeness (QED) is 0.261. The fourth-order valence-electron chi connectivity index (χ4n) is 4.43. The third kappa shape index (κ3) is 4.88. The van der Waals surface area contributed by atoms with Gasteiger partial charge in [0.2, 0.25) is 0 Å². The molecule has 1 aliphatic rings. The molecule has 0 radical (unpaired) electrons. The zero-order valence-corrected chi connectivity index (χ0v) is 24.2. The first-order valence-electron chi connectivity index (χ1n) is 11.7. The first-order chi connectivity index (χ1) is 18.1. The third-order valence-corrected chi connectivity index (χ3v) is 9.22. The highest BCUT2D eigenvalue weighted by molar-refractivity contribution is 14.1. The van der Waals surface area contributed by atoms with Crippen molar-refractivity contribution in [3.05, 3.63) is 116 Å². The molecule has 0 amide bonds. The minimum atomic E-state index is -4.38. The lowest BCUT2D eigenvalue weighted by Crippen LogP contribution is -2.42. The number of halogens is 1. The molecule has 0 aromatic heterocycles. The molecule has 0 N–H and O–H groups in total. The maximum atomic E-state index is 14.4. The number of methoxy groups -OCH3 is 2. The molecule has 1 atom stereocenters. The van der Waals surface area contributed by atoms with E-state index in [1.54, 1.807) is 36.4 Å². The molecule has 1 aliphatic heterocycles. The predicted octanol–water partition coefficient (Wildman–Crippen LogP) is 5.50. The molecule has 0 spiro atoms. The summed E-state index contributed by atoms with van der Waals surface area (Å²) in [5.41, 5.74) is 2.78. The zero-order valence-electron chi connectivity index (χ0n) is 21.3. The van der Waals surface area contributed by atoms with Crippen molar-refractivity contribution >= 4 is 50.1 Å². The van der Waals surface area contributed by atoms with Crippen LogP contribution in [0.3, 0.4) is 0 Å². The summed E-state index contributed by atoms with van der Waals surface area (Å²) in [6, 6.07) is 21.7. The van der Waals surface area contributed by atoms with E-state index in [1.165, 1.54) is 19.2 Å². The van der Waals surface area contributed by atoms with Gasteiger partial charge in [-0.05, 0) is 65.3 Å². The summed E-state index contributed by atoms with van der Waals surface area (Å²) in [5, 5.41) is 0. The van der Waals surface area contributed by atoms with Gasteiger partial charge in [-0.25, -0.2) is 22.3 Å². The molecule has 1 heterocycles. The molecule has 0 saturated carbocycles. The lowest BCUT2D eigenvalue weighted by Gasteiger charge is -2.39. The molecule has 4 rings (SSSR count). The Balaban J connectivity index is 2.18. The van der Waals surface area contributed by atoms with Crippen LogP contribution in [-0.2, 0) is 29.1 Å². The Morgan fingerprint density at radius 3 is 1.97 bits per heavy atom. The van der Waals surface area contributed by atoms with Gasteiger partial charge >= 0.3 is 11.9 Å². The standard InChI is InChI=1S/C29H26INO6S/c1-18-14-16-21(17-15-18)38(34,35)31-26(22-13-9-8-10-19(22)2)25(30)23(20-11-6-5-7-12-20)24(28(32)36-3)27(31)29(33)37-4/h5-17,26H,1-4H3. The summed E-state index contributed by atoms with van der Waals surface area (Å²) in [4.78, 5) is 26.8. The van der Waals surface area contributed by atoms with Gasteiger partial charge < -0.3 is 9.47 Å². The SMILES string of the molecule is COC(=O)C1=C(C(=O)OC)N(S(=O)(=O)c2ccc(C)cc2)C(c2ccccc2C)C(I)=C1c1ccccc1. The maximum Gasteiger partial charge on any atom is 0.356 e. The van der Waals surface area contributed by atoms with Crippen molar-refractivity contribution < 1.29 is 27.5 Å². The molecule has 0 saturated heterocycles. The van der Waals surface area contributed by atoms with E-state index in [1.807, 2.05) is 44.2 Å². The average Bonchev–Trinajstić information content (AvgIpc) is 2.92. The monoisotopic (exact) mass is 643 g/mol. The number of esters is 2. The first-order valence-corrected chi connectivity index (χ1v) is 14.2. The smallest absolute Gasteiger partial charge is 0.356 e. The summed E-state index contributed by atoms with van der Waals surface area (Å²) in [6.45, 7) is 3.72. The molecule has 3 aromatic carbocycles. The van der Waals surface area contributed by atoms with Crippen molar-refractivity contribution in [1.82, 2.24) is 4.31 Å². The van der Waals surface area contributed by atoms with Crippen LogP contribution in [0, 0.1) is 13.8 Å². The van der Waals surface area contributed by atoms with Gasteiger partial charge in [-0.3, -0.25) is 0 Å². The predicted molar refractivity (Wildman–Crippen MR) is 153 cm³/mol. The Bertz CT molecular complexity index is 1560. The molecule has 0 aliphatic carbocycles. The van der Waals surface area contributed by atoms with E-state index in [0.717, 1.165) is 22.5 Å². The van der Waals surface area contributed by atoms with Gasteiger partial charge in [-0.1, -0.05) is 72.3 Å². The van der Waals surface area contributed by atoms with Crippen LogP contribution < -0.4 is 0 Å². The number of carbonyl (C=O) groups excluding carboxylic acids is 2. The van der Waals surface area contributed by atoms with E-state index in [2.05, 4.69) is 22.6 Å². The molecular weight excluding hydrogens is 617 g/mol. The number of hydrogen-bond acceptors (Lipinski definition) is 6. The largest absolute Gasteiger partial charge is 0.465 e. The van der Waals surface area contributed by atoms with Crippen molar-refractivity contribution in [3.63, 3.8) is 0 Å². The summed E-state index contributed by atoms with van der Waals surface area (Å²) in [5.74, 6) is -1.83. The minimum absolute atomic E-state index is 0.0281. The first kappa shape index (κ1) is 27.6. The Kier molecular flexibility index (Phi) is 8.08. The number of benzene rings is 3. The fraction of sp³-hybridized carbons (Fsp3) is 0.172. The second-order valence-corrected chi connectivity index (χ2v) is 11.6. The Hall–Kier alpha value is -3.44. The summed E-state index contributed by atoms with van der Waals surface area (Å²) in [6.07, 6.45) is 0. The van der Waals surface area contributed by atoms with Crippen molar-refractivity contribution in [3.8, 4) is 0 Å². The molecule has 0 bridgehead atoms. The molecule has 3 aromatic rings. The van der Waals surface area contributed by atoms with Crippen LogP contribution in [0.15, 0.2) is 98.6 Å². The van der Waals surface area contributed by atoms with Crippen molar-refractivity contribution in [2.75, 3.05) is 14.2 Å². The van der Waals surface area contributed by atoms with E-state index < -0.39 is 33.7 Å². The van der Waals surface area contributed by atoms with Crippen molar-refractivity contribution in [1.29, 1.82) is 0 Å². The second kappa shape index (κ2) is 11.1. The van der Waals surface area contributed by atoms with Gasteiger partial charge in [-0.15, -0.1) is 0 Å². The van der Waals surface area contributed by atoms with Crippen LogP contribution in [0.2, 0.25) is 0 Å². The molecule has 0 fully saturated rings. The van der Waals surface area contributed by atoms with Crippen LogP contribution in [0.1, 0.15) is 28.3 Å². The highest BCUT2D eigenvalue weighted by atomic mass is 127. The fourth-order valence-corrected chi connectivity index (χ4v) is 7.43. The highest BCUT2D eigenvalue weighted by Gasteiger charge is 2.47. The van der Waals surface area contributed by atoms with Gasteiger partial charge in [0.25, 0.3) is 10.0 Å². The number of sulfonamides is 1. The second-order valence-electron chi connectivity index (χ2n) is 8.67. The van der Waals surface area contributed by atoms with Gasteiger partial charge in [0.05, 0.1) is 19.1 Å². The van der Waals surface area contributed by atoms with Crippen molar-refractivity contribution in [2.45, 2.75) is 24.8 Å². The number of aryl methyl sites for hydroxylation is 2. The number of nitrogens with zero attached hydrogens (tertiary/aromatic N) is 1. The molecular formula is C29H26INO6S. The number of carbonyl (C=O) groups is 2. The Labute approximate surface area is 236 Å². The van der Waals surface area contributed by atoms with Crippen LogP contribution in [-0.4, -0.2) is 38.9 Å². The molecule has 38 heavy (non-hydrogen) atoms. The van der Waals surface area contributed by atoms with E-state index in [4.69, 9.17) is 9.47 Å². The van der Waals surface area contributed by atoms with Gasteiger partial charge in [0.1, 0.15) is 11.6 Å². The zero-order chi connectivity index (χ0) is 27.6. The number of rotatable bonds is 6. The van der Waals surface area contributed by atoms with Crippen LogP contribution >= 0.6 is 22.6 Å². The third-order valence-electron chi connectivity index (χ3n) is 6.31. The lowest BCUT2D eigenvalue weighted by molar-refractivity contribution is -0.140. The molecule has 7 nitrogen and oxygen atoms in total. The molecule has 196 valence electrons. The molecule has 9 heteroatoms. The van der Waals surface area contributed by atoms with Crippen LogP contribution in [0.5, 0.6) is 0 Å². The highest BCUT2D eigenvalue weighted by Crippen LogP contribution is 2.50. The van der Waals surface area contributed by atoms with E-state index in [9.17, 15) is 18.0 Å². The van der Waals surface area contributed by atoms with Gasteiger partial charge in [0, 0.05) is 9.15 Å². The molecule has 1 unspecified atom stereocenters. The van der Waals surface area contributed by atoms with Gasteiger partial charge in [-0.2, -0.15) is 0 Å². The van der Waals surface area contributed by atoms with E-state index in [-0.39, 0.29) is 10.5 Å². The normalized spacial score (nSPS) is 15.9. The topological polar surface area (TPSA) is 90.0 Å². The van der Waals surface area contributed by atoms with E-state index >= 15 is 0 Å².